The van der Waals surface area contributed by atoms with Crippen LogP contribution in [0.25, 0.3) is 0 Å². The minimum atomic E-state index is -4.53. The number of rotatable bonds is 2. The smallest absolute Gasteiger partial charge is 0.341 e. The van der Waals surface area contributed by atoms with Crippen molar-refractivity contribution in [2.75, 3.05) is 6.54 Å². The number of nitrogens with zero attached hydrogens (tertiary/aromatic N) is 4. The van der Waals surface area contributed by atoms with E-state index >= 15 is 0 Å². The van der Waals surface area contributed by atoms with Gasteiger partial charge in [0, 0.05) is 12.7 Å². The van der Waals surface area contributed by atoms with E-state index in [-0.39, 0.29) is 6.54 Å². The molecule has 1 aliphatic heterocycles. The Hall–Kier alpha value is -2.91. The van der Waals surface area contributed by atoms with Crippen molar-refractivity contribution in [3.8, 4) is 0 Å². The summed E-state index contributed by atoms with van der Waals surface area (Å²) in [7, 11) is 0. The number of pyridine rings is 1. The van der Waals surface area contributed by atoms with Crippen LogP contribution in [-0.4, -0.2) is 38.0 Å². The predicted molar refractivity (Wildman–Crippen MR) is 88.2 cm³/mol. The summed E-state index contributed by atoms with van der Waals surface area (Å²) in [5, 5.41) is 6.71. The Bertz CT molecular complexity index is 860. The summed E-state index contributed by atoms with van der Waals surface area (Å²) in [6.45, 7) is 4.60. The number of amides is 2. The van der Waals surface area contributed by atoms with Gasteiger partial charge in [0.25, 0.3) is 0 Å². The van der Waals surface area contributed by atoms with Crippen LogP contribution in [0.2, 0.25) is 0 Å². The molecule has 0 radical (unpaired) electrons. The zero-order valence-electron chi connectivity index (χ0n) is 14.7. The Morgan fingerprint density at radius 2 is 1.96 bits per heavy atom. The molecule has 1 atom stereocenters. The summed E-state index contributed by atoms with van der Waals surface area (Å²) < 4.78 is 39.5. The SMILES string of the molecule is Cc1cnn2c1CN(C(=O)C(=O)N[C@H](C)c1ccc(C(F)(F)F)nc1)CC2. The second kappa shape index (κ2) is 7.01. The predicted octanol–water partition coefficient (Wildman–Crippen LogP) is 1.82. The van der Waals surface area contributed by atoms with Crippen LogP contribution >= 0.6 is 0 Å². The number of carbonyl (C=O) groups is 2. The number of carbonyl (C=O) groups excluding carboxylic acids is 2. The van der Waals surface area contributed by atoms with Gasteiger partial charge in [-0.3, -0.25) is 19.3 Å². The zero-order chi connectivity index (χ0) is 19.8. The van der Waals surface area contributed by atoms with Gasteiger partial charge in [-0.25, -0.2) is 0 Å². The van der Waals surface area contributed by atoms with Crippen molar-refractivity contribution < 1.29 is 22.8 Å². The number of nitrogens with one attached hydrogen (secondary N) is 1. The van der Waals surface area contributed by atoms with Crippen molar-refractivity contribution in [2.45, 2.75) is 39.2 Å². The van der Waals surface area contributed by atoms with Crippen molar-refractivity contribution in [2.24, 2.45) is 0 Å². The molecule has 10 heteroatoms. The van der Waals surface area contributed by atoms with Gasteiger partial charge in [-0.1, -0.05) is 6.07 Å². The maximum absolute atomic E-state index is 12.6. The van der Waals surface area contributed by atoms with Gasteiger partial charge in [0.2, 0.25) is 0 Å². The van der Waals surface area contributed by atoms with E-state index in [2.05, 4.69) is 15.4 Å². The summed E-state index contributed by atoms with van der Waals surface area (Å²) in [4.78, 5) is 29.5. The van der Waals surface area contributed by atoms with E-state index in [0.29, 0.717) is 18.7 Å². The number of aromatic nitrogens is 3. The average molecular weight is 381 g/mol. The molecule has 144 valence electrons. The molecule has 1 N–H and O–H groups in total. The fraction of sp³-hybridized carbons (Fsp3) is 0.412. The van der Waals surface area contributed by atoms with E-state index in [1.54, 1.807) is 17.8 Å². The van der Waals surface area contributed by atoms with E-state index in [0.717, 1.165) is 23.5 Å². The molecule has 3 rings (SSSR count). The molecule has 27 heavy (non-hydrogen) atoms. The molecule has 7 nitrogen and oxygen atoms in total. The Morgan fingerprint density at radius 3 is 2.59 bits per heavy atom. The van der Waals surface area contributed by atoms with E-state index in [4.69, 9.17) is 0 Å². The summed E-state index contributed by atoms with van der Waals surface area (Å²) in [5.41, 5.74) is 1.18. The highest BCUT2D eigenvalue weighted by molar-refractivity contribution is 6.35. The minimum Gasteiger partial charge on any atom is -0.341 e. The van der Waals surface area contributed by atoms with Gasteiger partial charge in [-0.05, 0) is 31.0 Å². The molecule has 3 heterocycles. The molecule has 0 aromatic carbocycles. The normalized spacial score (nSPS) is 15.2. The van der Waals surface area contributed by atoms with Crippen molar-refractivity contribution in [3.63, 3.8) is 0 Å². The molecule has 0 saturated carbocycles. The van der Waals surface area contributed by atoms with E-state index in [9.17, 15) is 22.8 Å². The maximum Gasteiger partial charge on any atom is 0.433 e. The topological polar surface area (TPSA) is 80.1 Å². The molecule has 0 aliphatic carbocycles. The van der Waals surface area contributed by atoms with Crippen LogP contribution in [0.1, 0.15) is 35.5 Å². The summed E-state index contributed by atoms with van der Waals surface area (Å²) in [6.07, 6.45) is -1.77. The molecule has 2 amide bonds. The Balaban J connectivity index is 1.63. The Kier molecular flexibility index (Phi) is 4.90. The molecular weight excluding hydrogens is 363 g/mol. The number of halogens is 3. The van der Waals surface area contributed by atoms with E-state index in [1.807, 2.05) is 6.92 Å². The molecular formula is C17H18F3N5O2. The van der Waals surface area contributed by atoms with Gasteiger partial charge in [0.05, 0.1) is 31.0 Å². The lowest BCUT2D eigenvalue weighted by atomic mass is 10.1. The van der Waals surface area contributed by atoms with Crippen LogP contribution in [-0.2, 0) is 28.9 Å². The van der Waals surface area contributed by atoms with Crippen molar-refractivity contribution in [1.29, 1.82) is 0 Å². The molecule has 0 spiro atoms. The first kappa shape index (κ1) is 18.9. The molecule has 0 bridgehead atoms. The molecule has 0 unspecified atom stereocenters. The zero-order valence-corrected chi connectivity index (χ0v) is 14.7. The molecule has 2 aromatic heterocycles. The Morgan fingerprint density at radius 1 is 1.22 bits per heavy atom. The number of fused-ring (bicyclic) bond motifs is 1. The molecule has 0 saturated heterocycles. The van der Waals surface area contributed by atoms with Crippen LogP contribution in [0.4, 0.5) is 13.2 Å². The summed E-state index contributed by atoms with van der Waals surface area (Å²) in [6, 6.07) is 1.41. The van der Waals surface area contributed by atoms with Crippen molar-refractivity contribution in [1.82, 2.24) is 25.0 Å². The van der Waals surface area contributed by atoms with Crippen LogP contribution in [0.5, 0.6) is 0 Å². The third kappa shape index (κ3) is 3.93. The number of alkyl halides is 3. The van der Waals surface area contributed by atoms with E-state index in [1.165, 1.54) is 11.0 Å². The van der Waals surface area contributed by atoms with Crippen LogP contribution < -0.4 is 5.32 Å². The highest BCUT2D eigenvalue weighted by atomic mass is 19.4. The van der Waals surface area contributed by atoms with Gasteiger partial charge in [-0.2, -0.15) is 18.3 Å². The monoisotopic (exact) mass is 381 g/mol. The number of hydrogen-bond acceptors (Lipinski definition) is 4. The third-order valence-corrected chi connectivity index (χ3v) is 4.49. The van der Waals surface area contributed by atoms with Crippen LogP contribution in [0, 0.1) is 6.92 Å². The number of aryl methyl sites for hydroxylation is 1. The standard InChI is InChI=1S/C17H18F3N5O2/c1-10-7-22-25-6-5-24(9-13(10)25)16(27)15(26)23-11(2)12-3-4-14(21-8-12)17(18,19)20/h3-4,7-8,11H,5-6,9H2,1-2H3,(H,23,26)/t11-/m1/s1. The second-order valence-corrected chi connectivity index (χ2v) is 6.39. The third-order valence-electron chi connectivity index (χ3n) is 4.49. The lowest BCUT2D eigenvalue weighted by Crippen LogP contribution is -2.46. The molecule has 2 aromatic rings. The van der Waals surface area contributed by atoms with Gasteiger partial charge in [0.1, 0.15) is 5.69 Å². The highest BCUT2D eigenvalue weighted by Crippen LogP contribution is 2.27. The summed E-state index contributed by atoms with van der Waals surface area (Å²) in [5.74, 6) is -1.50. The first-order valence-electron chi connectivity index (χ1n) is 8.31. The maximum atomic E-state index is 12.6. The largest absolute Gasteiger partial charge is 0.433 e. The minimum absolute atomic E-state index is 0.286. The van der Waals surface area contributed by atoms with E-state index < -0.39 is 29.7 Å². The first-order chi connectivity index (χ1) is 12.7. The fourth-order valence-corrected chi connectivity index (χ4v) is 2.87. The van der Waals surface area contributed by atoms with Gasteiger partial charge in [0.15, 0.2) is 0 Å². The van der Waals surface area contributed by atoms with Crippen molar-refractivity contribution in [3.05, 3.63) is 47.0 Å². The second-order valence-electron chi connectivity index (χ2n) is 6.39. The summed E-state index contributed by atoms with van der Waals surface area (Å²) >= 11 is 0. The molecule has 0 fully saturated rings. The lowest BCUT2D eigenvalue weighted by Gasteiger charge is -2.28. The van der Waals surface area contributed by atoms with Gasteiger partial charge in [-0.15, -0.1) is 0 Å². The van der Waals surface area contributed by atoms with Crippen molar-refractivity contribution >= 4 is 11.8 Å². The lowest BCUT2D eigenvalue weighted by molar-refractivity contribution is -0.147. The highest BCUT2D eigenvalue weighted by Gasteiger charge is 2.32. The number of hydrogen-bond donors (Lipinski definition) is 1. The first-order valence-corrected chi connectivity index (χ1v) is 8.31. The van der Waals surface area contributed by atoms with Gasteiger partial charge >= 0.3 is 18.0 Å². The van der Waals surface area contributed by atoms with Gasteiger partial charge < -0.3 is 10.2 Å². The quantitative estimate of drug-likeness (QED) is 0.805. The Labute approximate surface area is 153 Å². The molecule has 1 aliphatic rings. The average Bonchev–Trinajstić information content (AvgIpc) is 3.01. The van der Waals surface area contributed by atoms with Crippen LogP contribution in [0.3, 0.4) is 0 Å². The fourth-order valence-electron chi connectivity index (χ4n) is 2.87. The van der Waals surface area contributed by atoms with Crippen LogP contribution in [0.15, 0.2) is 24.5 Å².